The van der Waals surface area contributed by atoms with Gasteiger partial charge in [-0.2, -0.15) is 0 Å². The summed E-state index contributed by atoms with van der Waals surface area (Å²) in [6.07, 6.45) is -1.70. The molecule has 0 aromatic heterocycles. The summed E-state index contributed by atoms with van der Waals surface area (Å²) in [7, 11) is 1.58. The van der Waals surface area contributed by atoms with Crippen molar-refractivity contribution < 1.29 is 23.8 Å². The van der Waals surface area contributed by atoms with Crippen LogP contribution in [0.5, 0.6) is 11.5 Å². The summed E-state index contributed by atoms with van der Waals surface area (Å²) >= 11 is 0. The molecule has 6 nitrogen and oxygen atoms in total. The number of benzene rings is 2. The summed E-state index contributed by atoms with van der Waals surface area (Å²) in [5.41, 5.74) is 0.282. The fourth-order valence-electron chi connectivity index (χ4n) is 3.20. The number of hydrogen-bond donors (Lipinski definition) is 0. The molecule has 28 heavy (non-hydrogen) atoms. The highest BCUT2D eigenvalue weighted by molar-refractivity contribution is 6.01. The van der Waals surface area contributed by atoms with E-state index in [1.165, 1.54) is 0 Å². The second kappa shape index (κ2) is 7.92. The summed E-state index contributed by atoms with van der Waals surface area (Å²) in [6.45, 7) is 5.91. The van der Waals surface area contributed by atoms with Crippen molar-refractivity contribution in [2.24, 2.45) is 5.41 Å². The fourth-order valence-corrected chi connectivity index (χ4v) is 3.20. The zero-order chi connectivity index (χ0) is 20.3. The number of ether oxygens (including phenoxy) is 3. The third kappa shape index (κ3) is 4.11. The van der Waals surface area contributed by atoms with Gasteiger partial charge in [0.2, 0.25) is 0 Å². The van der Waals surface area contributed by atoms with E-state index < -0.39 is 23.6 Å². The molecule has 1 amide bonds. The number of hydrogen-bond acceptors (Lipinski definition) is 5. The number of anilines is 1. The zero-order valence-corrected chi connectivity index (χ0v) is 16.5. The van der Waals surface area contributed by atoms with Crippen molar-refractivity contribution in [3.63, 3.8) is 0 Å². The molecule has 1 fully saturated rings. The number of para-hydroxylation sites is 1. The van der Waals surface area contributed by atoms with Crippen LogP contribution in [-0.2, 0) is 14.3 Å². The fraction of sp³-hybridized carbons (Fsp3) is 0.364. The Morgan fingerprint density at radius 1 is 1.07 bits per heavy atom. The highest BCUT2D eigenvalue weighted by Crippen LogP contribution is 2.36. The first-order valence-electron chi connectivity index (χ1n) is 9.19. The van der Waals surface area contributed by atoms with Crippen LogP contribution in [0.15, 0.2) is 54.6 Å². The van der Waals surface area contributed by atoms with Crippen LogP contribution in [0.2, 0.25) is 0 Å². The van der Waals surface area contributed by atoms with Gasteiger partial charge < -0.3 is 19.1 Å². The van der Waals surface area contributed by atoms with Gasteiger partial charge in [0.05, 0.1) is 7.11 Å². The third-order valence-corrected chi connectivity index (χ3v) is 4.77. The molecule has 0 bridgehead atoms. The van der Waals surface area contributed by atoms with Crippen molar-refractivity contribution in [3.8, 4) is 11.5 Å². The number of nitrogens with zero attached hydrogens (tertiary/aromatic N) is 1. The molecule has 148 valence electrons. The predicted molar refractivity (Wildman–Crippen MR) is 106 cm³/mol. The van der Waals surface area contributed by atoms with Gasteiger partial charge in [-0.3, -0.25) is 4.79 Å². The van der Waals surface area contributed by atoms with E-state index in [2.05, 4.69) is 0 Å². The minimum absolute atomic E-state index is 0.221. The summed E-state index contributed by atoms with van der Waals surface area (Å²) < 4.78 is 16.3. The van der Waals surface area contributed by atoms with E-state index in [-0.39, 0.29) is 5.91 Å². The number of esters is 1. The maximum atomic E-state index is 12.9. The average Bonchev–Trinajstić information content (AvgIpc) is 2.92. The Labute approximate surface area is 165 Å². The Balaban J connectivity index is 1.67. The summed E-state index contributed by atoms with van der Waals surface area (Å²) in [6, 6.07) is 16.3. The van der Waals surface area contributed by atoms with Crippen molar-refractivity contribution in [2.45, 2.75) is 33.0 Å². The topological polar surface area (TPSA) is 65.1 Å². The summed E-state index contributed by atoms with van der Waals surface area (Å²) in [5, 5.41) is 0. The number of carbonyl (C=O) groups is 2. The van der Waals surface area contributed by atoms with Gasteiger partial charge in [0, 0.05) is 17.6 Å². The second-order valence-corrected chi connectivity index (χ2v) is 7.50. The molecule has 0 aliphatic carbocycles. The molecular weight excluding hydrogens is 358 g/mol. The van der Waals surface area contributed by atoms with Gasteiger partial charge in [0.15, 0.2) is 12.2 Å². The first kappa shape index (κ1) is 19.7. The molecule has 3 rings (SSSR count). The van der Waals surface area contributed by atoms with Gasteiger partial charge >= 0.3 is 5.97 Å². The van der Waals surface area contributed by atoms with E-state index in [0.717, 1.165) is 5.69 Å². The van der Waals surface area contributed by atoms with Crippen LogP contribution in [0, 0.1) is 5.41 Å². The Kier molecular flexibility index (Phi) is 5.58. The minimum Gasteiger partial charge on any atom is -0.497 e. The summed E-state index contributed by atoms with van der Waals surface area (Å²) in [4.78, 5) is 27.1. The van der Waals surface area contributed by atoms with Crippen molar-refractivity contribution in [2.75, 3.05) is 18.6 Å². The van der Waals surface area contributed by atoms with Crippen LogP contribution in [0.1, 0.15) is 20.8 Å². The smallest absolute Gasteiger partial charge is 0.347 e. The predicted octanol–water partition coefficient (Wildman–Crippen LogP) is 3.45. The normalized spacial score (nSPS) is 19.2. The second-order valence-electron chi connectivity index (χ2n) is 7.50. The van der Waals surface area contributed by atoms with Crippen LogP contribution in [0.25, 0.3) is 0 Å². The lowest BCUT2D eigenvalue weighted by Gasteiger charge is -2.24. The standard InChI is InChI=1S/C22H25NO5/c1-15(27-18-12-10-17(26-4)11-13-18)21(25)28-19-20(24)23(14-22(19,2)3)16-8-6-5-7-9-16/h5-13,15,19H,14H2,1-4H3. The van der Waals surface area contributed by atoms with E-state index >= 15 is 0 Å². The summed E-state index contributed by atoms with van der Waals surface area (Å²) in [5.74, 6) is 0.424. The quantitative estimate of drug-likeness (QED) is 0.715. The van der Waals surface area contributed by atoms with Gasteiger partial charge in [-0.05, 0) is 43.3 Å². The van der Waals surface area contributed by atoms with Gasteiger partial charge in [0.1, 0.15) is 11.5 Å². The number of amides is 1. The largest absolute Gasteiger partial charge is 0.497 e. The van der Waals surface area contributed by atoms with Crippen LogP contribution >= 0.6 is 0 Å². The molecule has 0 N–H and O–H groups in total. The molecule has 1 aliphatic rings. The Morgan fingerprint density at radius 2 is 1.68 bits per heavy atom. The van der Waals surface area contributed by atoms with Gasteiger partial charge in [-0.15, -0.1) is 0 Å². The zero-order valence-electron chi connectivity index (χ0n) is 16.5. The molecule has 0 saturated carbocycles. The SMILES string of the molecule is COc1ccc(OC(C)C(=O)OC2C(=O)N(c3ccccc3)CC2(C)C)cc1. The third-order valence-electron chi connectivity index (χ3n) is 4.77. The molecule has 1 aliphatic heterocycles. The monoisotopic (exact) mass is 383 g/mol. The number of carbonyl (C=O) groups excluding carboxylic acids is 2. The lowest BCUT2D eigenvalue weighted by molar-refractivity contribution is -0.164. The highest BCUT2D eigenvalue weighted by atomic mass is 16.6. The van der Waals surface area contributed by atoms with Crippen molar-refractivity contribution in [3.05, 3.63) is 54.6 Å². The van der Waals surface area contributed by atoms with E-state index in [9.17, 15) is 9.59 Å². The molecule has 2 unspecified atom stereocenters. The Hall–Kier alpha value is -3.02. The molecule has 1 saturated heterocycles. The van der Waals surface area contributed by atoms with E-state index in [4.69, 9.17) is 14.2 Å². The molecule has 6 heteroatoms. The molecule has 0 radical (unpaired) electrons. The van der Waals surface area contributed by atoms with Gasteiger partial charge in [-0.1, -0.05) is 32.0 Å². The van der Waals surface area contributed by atoms with Crippen LogP contribution in [0.3, 0.4) is 0 Å². The minimum atomic E-state index is -0.859. The lowest BCUT2D eigenvalue weighted by atomic mass is 9.89. The average molecular weight is 383 g/mol. The Bertz CT molecular complexity index is 832. The van der Waals surface area contributed by atoms with Gasteiger partial charge in [0.25, 0.3) is 5.91 Å². The van der Waals surface area contributed by atoms with E-state index in [1.807, 2.05) is 44.2 Å². The highest BCUT2D eigenvalue weighted by Gasteiger charge is 2.49. The maximum absolute atomic E-state index is 12.9. The van der Waals surface area contributed by atoms with Gasteiger partial charge in [-0.25, -0.2) is 4.79 Å². The van der Waals surface area contributed by atoms with E-state index in [0.29, 0.717) is 18.0 Å². The van der Waals surface area contributed by atoms with Crippen molar-refractivity contribution >= 4 is 17.6 Å². The van der Waals surface area contributed by atoms with Crippen LogP contribution in [0.4, 0.5) is 5.69 Å². The molecule has 0 spiro atoms. The Morgan fingerprint density at radius 3 is 2.29 bits per heavy atom. The molecule has 2 aromatic rings. The van der Waals surface area contributed by atoms with Crippen LogP contribution < -0.4 is 14.4 Å². The van der Waals surface area contributed by atoms with E-state index in [1.54, 1.807) is 43.2 Å². The first-order chi connectivity index (χ1) is 13.3. The molecule has 2 atom stereocenters. The lowest BCUT2D eigenvalue weighted by Crippen LogP contribution is -2.39. The maximum Gasteiger partial charge on any atom is 0.347 e. The molecular formula is C22H25NO5. The van der Waals surface area contributed by atoms with Crippen molar-refractivity contribution in [1.29, 1.82) is 0 Å². The molecule has 2 aromatic carbocycles. The first-order valence-corrected chi connectivity index (χ1v) is 9.19. The van der Waals surface area contributed by atoms with Crippen LogP contribution in [-0.4, -0.2) is 37.7 Å². The van der Waals surface area contributed by atoms with Crippen molar-refractivity contribution in [1.82, 2.24) is 0 Å². The molecule has 1 heterocycles. The number of methoxy groups -OCH3 is 1. The number of rotatable bonds is 6.